The summed E-state index contributed by atoms with van der Waals surface area (Å²) in [7, 11) is 1.62. The van der Waals surface area contributed by atoms with Gasteiger partial charge in [-0.2, -0.15) is 10.3 Å². The summed E-state index contributed by atoms with van der Waals surface area (Å²) in [5.74, 6) is 0.737. The van der Waals surface area contributed by atoms with E-state index in [-0.39, 0.29) is 23.4 Å². The first-order valence-electron chi connectivity index (χ1n) is 8.23. The lowest BCUT2D eigenvalue weighted by molar-refractivity contribution is -0.121. The minimum Gasteiger partial charge on any atom is -0.384 e. The van der Waals surface area contributed by atoms with Crippen molar-refractivity contribution >= 4 is 11.6 Å². The molecule has 0 bridgehead atoms. The molecule has 1 aliphatic heterocycles. The molecule has 0 radical (unpaired) electrons. The number of carbonyl (C=O) groups is 1. The van der Waals surface area contributed by atoms with Crippen molar-refractivity contribution in [2.75, 3.05) is 24.5 Å². The van der Waals surface area contributed by atoms with E-state index in [0.717, 1.165) is 25.2 Å². The van der Waals surface area contributed by atoms with Crippen LogP contribution in [0.2, 0.25) is 0 Å². The molecule has 0 spiro atoms. The number of anilines is 1. The predicted octanol–water partition coefficient (Wildman–Crippen LogP) is -0.363. The van der Waals surface area contributed by atoms with Gasteiger partial charge in [0, 0.05) is 51.7 Å². The van der Waals surface area contributed by atoms with Crippen LogP contribution < -0.4 is 21.3 Å². The molecule has 2 N–H and O–H groups in total. The number of aryl methyl sites for hydroxylation is 2. The summed E-state index contributed by atoms with van der Waals surface area (Å²) in [6.45, 7) is 2.20. The van der Waals surface area contributed by atoms with Crippen LogP contribution in [0, 0.1) is 5.92 Å². The van der Waals surface area contributed by atoms with E-state index >= 15 is 0 Å². The zero-order chi connectivity index (χ0) is 17.8. The lowest BCUT2D eigenvalue weighted by Gasteiger charge is -2.18. The first-order chi connectivity index (χ1) is 12.0. The summed E-state index contributed by atoms with van der Waals surface area (Å²) in [5, 5.41) is 9.15. The predicted molar refractivity (Wildman–Crippen MR) is 90.5 cm³/mol. The Morgan fingerprint density at radius 2 is 2.28 bits per heavy atom. The highest BCUT2D eigenvalue weighted by atomic mass is 16.5. The third-order valence-electron chi connectivity index (χ3n) is 4.37. The average Bonchev–Trinajstić information content (AvgIpc) is 3.22. The summed E-state index contributed by atoms with van der Waals surface area (Å²) in [6.07, 6.45) is 3.30. The number of hydrogen-bond acceptors (Lipinski definition) is 6. The van der Waals surface area contributed by atoms with Gasteiger partial charge in [0.15, 0.2) is 0 Å². The highest BCUT2D eigenvalue weighted by molar-refractivity contribution is 5.76. The van der Waals surface area contributed by atoms with Gasteiger partial charge >= 0.3 is 0 Å². The van der Waals surface area contributed by atoms with E-state index in [2.05, 4.69) is 20.5 Å². The molecule has 25 heavy (non-hydrogen) atoms. The number of H-pyrrole nitrogens is 1. The van der Waals surface area contributed by atoms with Crippen molar-refractivity contribution < 1.29 is 9.32 Å². The molecule has 1 aliphatic rings. The van der Waals surface area contributed by atoms with Crippen molar-refractivity contribution in [3.8, 4) is 0 Å². The van der Waals surface area contributed by atoms with Crippen LogP contribution in [0.25, 0.3) is 0 Å². The molecule has 3 heterocycles. The van der Waals surface area contributed by atoms with E-state index in [1.807, 2.05) is 0 Å². The lowest BCUT2D eigenvalue weighted by atomic mass is 10.1. The second kappa shape index (κ2) is 7.37. The van der Waals surface area contributed by atoms with Gasteiger partial charge in [-0.3, -0.25) is 14.4 Å². The molecular formula is C16H21N5O4. The standard InChI is InChI=1S/C16H21N5O4/c1-20-16(24)6-12(9-18-20)21-5-4-11(10-21)8-17-14(22)3-2-13-7-15(23)19-25-13/h6-7,9,11H,2-5,8,10H2,1H3,(H,17,22)(H,19,23)/t11-/m1/s1. The van der Waals surface area contributed by atoms with Gasteiger partial charge in [0.05, 0.1) is 11.9 Å². The summed E-state index contributed by atoms with van der Waals surface area (Å²) in [5.41, 5.74) is 0.386. The molecule has 0 saturated carbocycles. The monoisotopic (exact) mass is 347 g/mol. The van der Waals surface area contributed by atoms with Crippen LogP contribution in [0.3, 0.4) is 0 Å². The summed E-state index contributed by atoms with van der Waals surface area (Å²) >= 11 is 0. The Bertz CT molecular complexity index is 852. The Morgan fingerprint density at radius 1 is 1.44 bits per heavy atom. The molecule has 0 aromatic carbocycles. The van der Waals surface area contributed by atoms with E-state index in [1.165, 1.54) is 10.7 Å². The fourth-order valence-corrected chi connectivity index (χ4v) is 2.89. The van der Waals surface area contributed by atoms with Crippen molar-refractivity contribution in [1.82, 2.24) is 20.3 Å². The molecule has 134 valence electrons. The Morgan fingerprint density at radius 3 is 3.00 bits per heavy atom. The maximum absolute atomic E-state index is 11.9. The molecular weight excluding hydrogens is 326 g/mol. The molecule has 0 aliphatic carbocycles. The molecule has 1 saturated heterocycles. The molecule has 2 aromatic heterocycles. The Hall–Kier alpha value is -2.84. The van der Waals surface area contributed by atoms with E-state index in [0.29, 0.717) is 24.6 Å². The van der Waals surface area contributed by atoms with Gasteiger partial charge in [0.2, 0.25) is 5.91 Å². The molecule has 1 fully saturated rings. The van der Waals surface area contributed by atoms with Gasteiger partial charge in [-0.25, -0.2) is 4.68 Å². The zero-order valence-electron chi connectivity index (χ0n) is 14.0. The number of rotatable bonds is 6. The third-order valence-corrected chi connectivity index (χ3v) is 4.37. The SMILES string of the molecule is Cn1ncc(N2CC[C@H](CNC(=O)CCc3cc(=O)[nH]o3)C2)cc1=O. The maximum atomic E-state index is 11.9. The normalized spacial score (nSPS) is 17.0. The summed E-state index contributed by atoms with van der Waals surface area (Å²) < 4.78 is 6.21. The van der Waals surface area contributed by atoms with Crippen molar-refractivity contribution in [3.63, 3.8) is 0 Å². The molecule has 0 unspecified atom stereocenters. The van der Waals surface area contributed by atoms with Gasteiger partial charge in [0.1, 0.15) is 5.76 Å². The Kier molecular flexibility index (Phi) is 5.01. The van der Waals surface area contributed by atoms with E-state index < -0.39 is 0 Å². The number of aromatic nitrogens is 3. The highest BCUT2D eigenvalue weighted by Crippen LogP contribution is 2.21. The zero-order valence-corrected chi connectivity index (χ0v) is 14.0. The Labute approximate surface area is 143 Å². The number of carbonyl (C=O) groups excluding carboxylic acids is 1. The minimum absolute atomic E-state index is 0.0717. The molecule has 1 atom stereocenters. The smallest absolute Gasteiger partial charge is 0.280 e. The largest absolute Gasteiger partial charge is 0.384 e. The van der Waals surface area contributed by atoms with E-state index in [9.17, 15) is 14.4 Å². The van der Waals surface area contributed by atoms with Gasteiger partial charge in [-0.05, 0) is 12.3 Å². The van der Waals surface area contributed by atoms with Crippen molar-refractivity contribution in [2.24, 2.45) is 13.0 Å². The molecule has 3 rings (SSSR count). The number of nitrogens with zero attached hydrogens (tertiary/aromatic N) is 3. The van der Waals surface area contributed by atoms with Crippen LogP contribution in [-0.4, -0.2) is 40.5 Å². The Balaban J connectivity index is 1.43. The van der Waals surface area contributed by atoms with Crippen molar-refractivity contribution in [1.29, 1.82) is 0 Å². The van der Waals surface area contributed by atoms with Crippen LogP contribution in [0.4, 0.5) is 5.69 Å². The lowest BCUT2D eigenvalue weighted by Crippen LogP contribution is -2.31. The number of nitrogens with one attached hydrogen (secondary N) is 2. The number of amides is 1. The second-order valence-corrected chi connectivity index (χ2v) is 6.26. The minimum atomic E-state index is -0.299. The maximum Gasteiger partial charge on any atom is 0.280 e. The average molecular weight is 347 g/mol. The second-order valence-electron chi connectivity index (χ2n) is 6.26. The van der Waals surface area contributed by atoms with Gasteiger partial charge < -0.3 is 14.7 Å². The molecule has 9 nitrogen and oxygen atoms in total. The first-order valence-corrected chi connectivity index (χ1v) is 8.23. The number of aromatic amines is 1. The topological polar surface area (TPSA) is 113 Å². The van der Waals surface area contributed by atoms with Crippen LogP contribution in [-0.2, 0) is 18.3 Å². The highest BCUT2D eigenvalue weighted by Gasteiger charge is 2.23. The summed E-state index contributed by atoms with van der Waals surface area (Å²) in [4.78, 5) is 36.6. The van der Waals surface area contributed by atoms with Crippen LogP contribution >= 0.6 is 0 Å². The van der Waals surface area contributed by atoms with Crippen LogP contribution in [0.1, 0.15) is 18.6 Å². The van der Waals surface area contributed by atoms with Gasteiger partial charge in [0.25, 0.3) is 11.1 Å². The first kappa shape index (κ1) is 17.0. The van der Waals surface area contributed by atoms with Crippen LogP contribution in [0.5, 0.6) is 0 Å². The molecule has 9 heteroatoms. The van der Waals surface area contributed by atoms with Gasteiger partial charge in [-0.1, -0.05) is 0 Å². The quantitative estimate of drug-likeness (QED) is 0.738. The fourth-order valence-electron chi connectivity index (χ4n) is 2.89. The van der Waals surface area contributed by atoms with Crippen LogP contribution in [0.15, 0.2) is 32.4 Å². The molecule has 1 amide bonds. The third kappa shape index (κ3) is 4.37. The summed E-state index contributed by atoms with van der Waals surface area (Å²) in [6, 6.07) is 2.93. The van der Waals surface area contributed by atoms with Gasteiger partial charge in [-0.15, -0.1) is 0 Å². The molecule has 2 aromatic rings. The van der Waals surface area contributed by atoms with E-state index in [1.54, 1.807) is 19.3 Å². The fraction of sp³-hybridized carbons (Fsp3) is 0.500. The van der Waals surface area contributed by atoms with E-state index in [4.69, 9.17) is 4.52 Å². The number of hydrogen-bond donors (Lipinski definition) is 2. The van der Waals surface area contributed by atoms with Crippen molar-refractivity contribution in [3.05, 3.63) is 44.8 Å². The van der Waals surface area contributed by atoms with Crippen molar-refractivity contribution in [2.45, 2.75) is 19.3 Å².